The molecule has 1 aliphatic rings. The van der Waals surface area contributed by atoms with E-state index in [0.717, 1.165) is 6.54 Å². The summed E-state index contributed by atoms with van der Waals surface area (Å²) < 4.78 is 0. The summed E-state index contributed by atoms with van der Waals surface area (Å²) in [5.74, 6) is 0. The van der Waals surface area contributed by atoms with Crippen molar-refractivity contribution in [2.45, 2.75) is 32.7 Å². The lowest BCUT2D eigenvalue weighted by molar-refractivity contribution is 0.270. The first-order valence-electron chi connectivity index (χ1n) is 5.48. The number of rotatable bonds is 2. The van der Waals surface area contributed by atoms with Crippen molar-refractivity contribution in [2.24, 2.45) is 0 Å². The average molecular weight is 190 g/mol. The van der Waals surface area contributed by atoms with E-state index in [4.69, 9.17) is 0 Å². The molecular weight excluding hydrogens is 172 g/mol. The third-order valence-corrected chi connectivity index (χ3v) is 3.18. The predicted octanol–water partition coefficient (Wildman–Crippen LogP) is 2.55. The highest BCUT2D eigenvalue weighted by atomic mass is 15.2. The number of likely N-dealkylation sites (tertiary alicyclic amines) is 1. The van der Waals surface area contributed by atoms with E-state index in [0.29, 0.717) is 6.04 Å². The van der Waals surface area contributed by atoms with E-state index in [9.17, 15) is 0 Å². The van der Waals surface area contributed by atoms with Gasteiger partial charge in [-0.15, -0.1) is 0 Å². The first-order chi connectivity index (χ1) is 6.83. The lowest BCUT2D eigenvalue weighted by Crippen LogP contribution is -2.23. The van der Waals surface area contributed by atoms with Crippen LogP contribution in [0.5, 0.6) is 0 Å². The SMILES string of the molecule is CCN1CCC[C@H]1c1cccnc1C. The van der Waals surface area contributed by atoms with Crippen molar-refractivity contribution in [3.05, 3.63) is 29.6 Å². The van der Waals surface area contributed by atoms with Crippen molar-refractivity contribution < 1.29 is 0 Å². The van der Waals surface area contributed by atoms with Crippen LogP contribution < -0.4 is 0 Å². The van der Waals surface area contributed by atoms with E-state index >= 15 is 0 Å². The van der Waals surface area contributed by atoms with Crippen molar-refractivity contribution in [2.75, 3.05) is 13.1 Å². The minimum Gasteiger partial charge on any atom is -0.297 e. The zero-order valence-electron chi connectivity index (χ0n) is 9.03. The van der Waals surface area contributed by atoms with Crippen LogP contribution in [0.1, 0.15) is 37.1 Å². The van der Waals surface area contributed by atoms with Crippen LogP contribution in [0.25, 0.3) is 0 Å². The fourth-order valence-electron chi connectivity index (χ4n) is 2.41. The Hall–Kier alpha value is -0.890. The second kappa shape index (κ2) is 4.09. The van der Waals surface area contributed by atoms with Crippen LogP contribution in [0, 0.1) is 6.92 Å². The van der Waals surface area contributed by atoms with Crippen molar-refractivity contribution in [1.82, 2.24) is 9.88 Å². The van der Waals surface area contributed by atoms with Crippen LogP contribution in [-0.2, 0) is 0 Å². The maximum Gasteiger partial charge on any atom is 0.0420 e. The molecule has 0 N–H and O–H groups in total. The van der Waals surface area contributed by atoms with Gasteiger partial charge in [0.05, 0.1) is 0 Å². The number of hydrogen-bond donors (Lipinski definition) is 0. The Morgan fingerprint density at radius 3 is 3.14 bits per heavy atom. The summed E-state index contributed by atoms with van der Waals surface area (Å²) in [5, 5.41) is 0. The molecule has 0 spiro atoms. The Morgan fingerprint density at radius 1 is 1.57 bits per heavy atom. The van der Waals surface area contributed by atoms with Gasteiger partial charge in [-0.1, -0.05) is 13.0 Å². The van der Waals surface area contributed by atoms with Gasteiger partial charge in [-0.2, -0.15) is 0 Å². The molecule has 2 nitrogen and oxygen atoms in total. The monoisotopic (exact) mass is 190 g/mol. The largest absolute Gasteiger partial charge is 0.297 e. The van der Waals surface area contributed by atoms with Crippen LogP contribution in [0.3, 0.4) is 0 Å². The zero-order valence-corrected chi connectivity index (χ0v) is 9.03. The minimum atomic E-state index is 0.619. The van der Waals surface area contributed by atoms with Crippen LogP contribution >= 0.6 is 0 Å². The van der Waals surface area contributed by atoms with Gasteiger partial charge in [0, 0.05) is 17.9 Å². The van der Waals surface area contributed by atoms with Gasteiger partial charge >= 0.3 is 0 Å². The molecule has 2 heterocycles. The quantitative estimate of drug-likeness (QED) is 0.712. The van der Waals surface area contributed by atoms with Crippen LogP contribution in [0.4, 0.5) is 0 Å². The van der Waals surface area contributed by atoms with Gasteiger partial charge in [-0.25, -0.2) is 0 Å². The summed E-state index contributed by atoms with van der Waals surface area (Å²) >= 11 is 0. The molecule has 1 aromatic heterocycles. The standard InChI is InChI=1S/C12H18N2/c1-3-14-9-5-7-12(14)11-6-4-8-13-10(11)2/h4,6,8,12H,3,5,7,9H2,1-2H3/t12-/m0/s1. The molecule has 1 saturated heterocycles. The second-order valence-corrected chi connectivity index (χ2v) is 3.96. The number of aromatic nitrogens is 1. The molecule has 1 atom stereocenters. The molecule has 0 bridgehead atoms. The van der Waals surface area contributed by atoms with E-state index in [1.165, 1.54) is 30.6 Å². The van der Waals surface area contributed by atoms with E-state index < -0.39 is 0 Å². The van der Waals surface area contributed by atoms with Crippen LogP contribution in [0.15, 0.2) is 18.3 Å². The fourth-order valence-corrected chi connectivity index (χ4v) is 2.41. The number of nitrogens with zero attached hydrogens (tertiary/aromatic N) is 2. The molecule has 1 aliphatic heterocycles. The van der Waals surface area contributed by atoms with E-state index in [2.05, 4.69) is 35.9 Å². The lowest BCUT2D eigenvalue weighted by Gasteiger charge is -2.23. The van der Waals surface area contributed by atoms with Gasteiger partial charge < -0.3 is 0 Å². The minimum absolute atomic E-state index is 0.619. The van der Waals surface area contributed by atoms with E-state index in [1.54, 1.807) is 0 Å². The molecule has 14 heavy (non-hydrogen) atoms. The number of pyridine rings is 1. The molecule has 1 aromatic rings. The van der Waals surface area contributed by atoms with Gasteiger partial charge in [0.2, 0.25) is 0 Å². The molecule has 0 saturated carbocycles. The summed E-state index contributed by atoms with van der Waals surface area (Å²) in [5.41, 5.74) is 2.62. The molecule has 0 aromatic carbocycles. The zero-order chi connectivity index (χ0) is 9.97. The Kier molecular flexibility index (Phi) is 2.82. The molecule has 1 fully saturated rings. The molecule has 2 rings (SSSR count). The van der Waals surface area contributed by atoms with Crippen LogP contribution in [0.2, 0.25) is 0 Å². The summed E-state index contributed by atoms with van der Waals surface area (Å²) in [7, 11) is 0. The van der Waals surface area contributed by atoms with Gasteiger partial charge in [-0.3, -0.25) is 9.88 Å². The maximum absolute atomic E-state index is 4.37. The molecule has 0 amide bonds. The third kappa shape index (κ3) is 1.67. The van der Waals surface area contributed by atoms with Gasteiger partial charge in [-0.05, 0) is 44.5 Å². The topological polar surface area (TPSA) is 16.1 Å². The van der Waals surface area contributed by atoms with Gasteiger partial charge in [0.25, 0.3) is 0 Å². The Morgan fingerprint density at radius 2 is 2.43 bits per heavy atom. The average Bonchev–Trinajstić information content (AvgIpc) is 2.66. The van der Waals surface area contributed by atoms with Crippen molar-refractivity contribution in [1.29, 1.82) is 0 Å². The second-order valence-electron chi connectivity index (χ2n) is 3.96. The summed E-state index contributed by atoms with van der Waals surface area (Å²) in [6, 6.07) is 4.89. The molecule has 0 radical (unpaired) electrons. The van der Waals surface area contributed by atoms with Crippen molar-refractivity contribution in [3.63, 3.8) is 0 Å². The Labute approximate surface area is 86.0 Å². The summed E-state index contributed by atoms with van der Waals surface area (Å²) in [6.07, 6.45) is 4.50. The van der Waals surface area contributed by atoms with Crippen molar-refractivity contribution >= 4 is 0 Å². The molecule has 0 unspecified atom stereocenters. The van der Waals surface area contributed by atoms with Gasteiger partial charge in [0.1, 0.15) is 0 Å². The van der Waals surface area contributed by atoms with Crippen LogP contribution in [-0.4, -0.2) is 23.0 Å². The normalized spacial score (nSPS) is 22.9. The highest BCUT2D eigenvalue weighted by Gasteiger charge is 2.25. The maximum atomic E-state index is 4.37. The molecule has 0 aliphatic carbocycles. The molecule has 2 heteroatoms. The smallest absolute Gasteiger partial charge is 0.0420 e. The predicted molar refractivity (Wildman–Crippen MR) is 58.2 cm³/mol. The lowest BCUT2D eigenvalue weighted by atomic mass is 10.0. The first kappa shape index (κ1) is 9.66. The van der Waals surface area contributed by atoms with E-state index in [1.807, 2.05) is 6.20 Å². The molecule has 76 valence electrons. The number of hydrogen-bond acceptors (Lipinski definition) is 2. The fraction of sp³-hybridized carbons (Fsp3) is 0.583. The Balaban J connectivity index is 2.26. The third-order valence-electron chi connectivity index (χ3n) is 3.18. The number of aryl methyl sites for hydroxylation is 1. The molecular formula is C12H18N2. The highest BCUT2D eigenvalue weighted by molar-refractivity contribution is 5.23. The summed E-state index contributed by atoms with van der Waals surface area (Å²) in [6.45, 7) is 6.75. The highest BCUT2D eigenvalue weighted by Crippen LogP contribution is 2.32. The Bertz CT molecular complexity index is 309. The summed E-state index contributed by atoms with van der Waals surface area (Å²) in [4.78, 5) is 6.91. The first-order valence-corrected chi connectivity index (χ1v) is 5.48. The van der Waals surface area contributed by atoms with Crippen molar-refractivity contribution in [3.8, 4) is 0 Å². The van der Waals surface area contributed by atoms with Gasteiger partial charge in [0.15, 0.2) is 0 Å². The van der Waals surface area contributed by atoms with E-state index in [-0.39, 0.29) is 0 Å².